The molecule has 0 fully saturated rings. The van der Waals surface area contributed by atoms with Gasteiger partial charge in [0.15, 0.2) is 0 Å². The maximum Gasteiger partial charge on any atom is 0.223 e. The number of nitrogens with two attached hydrogens (primary N) is 1. The minimum atomic E-state index is -0.0534. The van der Waals surface area contributed by atoms with Crippen LogP contribution in [-0.4, -0.2) is 33.3 Å². The second-order valence-corrected chi connectivity index (χ2v) is 7.55. The number of pyridine rings is 1. The number of anilines is 1. The molecule has 0 atom stereocenters. The highest BCUT2D eigenvalue weighted by Crippen LogP contribution is 2.36. The van der Waals surface area contributed by atoms with Crippen LogP contribution in [0.3, 0.4) is 0 Å². The number of nitrogen functional groups attached to an aromatic ring is 1. The highest BCUT2D eigenvalue weighted by molar-refractivity contribution is 8.78. The van der Waals surface area contributed by atoms with Gasteiger partial charge in [-0.1, -0.05) is 34.6 Å². The normalized spacial score (nSPS) is 12.0. The van der Waals surface area contributed by atoms with E-state index in [-0.39, 0.29) is 12.5 Å². The van der Waals surface area contributed by atoms with Crippen molar-refractivity contribution in [2.75, 3.05) is 18.1 Å². The zero-order chi connectivity index (χ0) is 17.2. The smallest absolute Gasteiger partial charge is 0.223 e. The van der Waals surface area contributed by atoms with Crippen molar-refractivity contribution in [1.29, 1.82) is 0 Å². The van der Waals surface area contributed by atoms with E-state index in [1.807, 2.05) is 19.1 Å². The van der Waals surface area contributed by atoms with Crippen LogP contribution in [0.25, 0.3) is 0 Å². The van der Waals surface area contributed by atoms with Crippen molar-refractivity contribution in [2.45, 2.75) is 40.2 Å². The van der Waals surface area contributed by atoms with E-state index in [2.05, 4.69) is 11.9 Å². The van der Waals surface area contributed by atoms with E-state index in [0.29, 0.717) is 18.8 Å². The Morgan fingerprint density at radius 3 is 2.74 bits per heavy atom. The molecule has 0 aliphatic rings. The number of rotatable bonds is 9. The number of allylic oxidation sites excluding steroid dienone is 1. The standard InChI is InChI=1S/C16H25N3O2S2/c1-4-10-22-23-15(7-9-20)12(2)19(13(3)21)11-14-6-5-8-18-16(14)17/h5-6,8,20H,4,7,9-11H2,1-3H3,(H2,17,18)/b15-12-. The molecule has 0 aliphatic heterocycles. The molecule has 128 valence electrons. The molecule has 1 heterocycles. The molecule has 0 radical (unpaired) electrons. The molecule has 0 saturated carbocycles. The fourth-order valence-corrected chi connectivity index (χ4v) is 4.54. The Morgan fingerprint density at radius 2 is 2.17 bits per heavy atom. The van der Waals surface area contributed by atoms with E-state index in [9.17, 15) is 9.90 Å². The molecule has 7 heteroatoms. The molecule has 23 heavy (non-hydrogen) atoms. The predicted octanol–water partition coefficient (Wildman–Crippen LogP) is 3.42. The Hall–Kier alpha value is -1.18. The number of aromatic nitrogens is 1. The van der Waals surface area contributed by atoms with Crippen LogP contribution in [0, 0.1) is 0 Å². The predicted molar refractivity (Wildman–Crippen MR) is 99.6 cm³/mol. The molecule has 0 aromatic carbocycles. The van der Waals surface area contributed by atoms with Crippen LogP contribution in [0.15, 0.2) is 28.9 Å². The summed E-state index contributed by atoms with van der Waals surface area (Å²) in [5, 5.41) is 9.31. The molecule has 0 saturated heterocycles. The van der Waals surface area contributed by atoms with Gasteiger partial charge >= 0.3 is 0 Å². The zero-order valence-electron chi connectivity index (χ0n) is 13.9. The van der Waals surface area contributed by atoms with E-state index in [1.54, 1.807) is 32.7 Å². The Kier molecular flexibility index (Phi) is 9.13. The largest absolute Gasteiger partial charge is 0.396 e. The lowest BCUT2D eigenvalue weighted by atomic mass is 10.2. The average Bonchev–Trinajstić information content (AvgIpc) is 2.52. The number of aliphatic hydroxyl groups excluding tert-OH is 1. The van der Waals surface area contributed by atoms with E-state index in [0.717, 1.165) is 28.3 Å². The first-order chi connectivity index (χ1) is 11.0. The lowest BCUT2D eigenvalue weighted by Crippen LogP contribution is -2.27. The average molecular weight is 356 g/mol. The summed E-state index contributed by atoms with van der Waals surface area (Å²) in [6.45, 7) is 6.03. The third-order valence-electron chi connectivity index (χ3n) is 3.23. The summed E-state index contributed by atoms with van der Waals surface area (Å²) in [4.78, 5) is 18.9. The Labute approximate surface area is 146 Å². The maximum atomic E-state index is 12.1. The first kappa shape index (κ1) is 19.9. The summed E-state index contributed by atoms with van der Waals surface area (Å²) in [6, 6.07) is 3.68. The first-order valence-corrected chi connectivity index (χ1v) is 9.90. The van der Waals surface area contributed by atoms with E-state index < -0.39 is 0 Å². The molecule has 0 bridgehead atoms. The maximum absolute atomic E-state index is 12.1. The van der Waals surface area contributed by atoms with Gasteiger partial charge in [-0.3, -0.25) is 4.79 Å². The summed E-state index contributed by atoms with van der Waals surface area (Å²) in [7, 11) is 3.38. The van der Waals surface area contributed by atoms with Crippen LogP contribution in [-0.2, 0) is 11.3 Å². The summed E-state index contributed by atoms with van der Waals surface area (Å²) < 4.78 is 0. The summed E-state index contributed by atoms with van der Waals surface area (Å²) >= 11 is 0. The lowest BCUT2D eigenvalue weighted by molar-refractivity contribution is -0.127. The number of carbonyl (C=O) groups excluding carboxylic acids is 1. The van der Waals surface area contributed by atoms with Crippen LogP contribution >= 0.6 is 21.6 Å². The first-order valence-electron chi connectivity index (χ1n) is 7.58. The minimum Gasteiger partial charge on any atom is -0.396 e. The molecule has 5 nitrogen and oxygen atoms in total. The van der Waals surface area contributed by atoms with Crippen molar-refractivity contribution in [3.05, 3.63) is 34.5 Å². The second-order valence-electron chi connectivity index (χ2n) is 5.04. The fourth-order valence-electron chi connectivity index (χ4n) is 1.95. The quantitative estimate of drug-likeness (QED) is 0.522. The van der Waals surface area contributed by atoms with Gasteiger partial charge in [0.2, 0.25) is 5.91 Å². The van der Waals surface area contributed by atoms with Crippen molar-refractivity contribution in [3.8, 4) is 0 Å². The minimum absolute atomic E-state index is 0.0534. The van der Waals surface area contributed by atoms with Gasteiger partial charge in [-0.05, 0) is 19.4 Å². The Bertz CT molecular complexity index is 550. The fraction of sp³-hybridized carbons (Fsp3) is 0.500. The highest BCUT2D eigenvalue weighted by atomic mass is 33.1. The van der Waals surface area contributed by atoms with Crippen LogP contribution in [0.4, 0.5) is 5.82 Å². The summed E-state index contributed by atoms with van der Waals surface area (Å²) in [6.07, 6.45) is 3.26. The van der Waals surface area contributed by atoms with Gasteiger partial charge in [-0.15, -0.1) is 0 Å². The SMILES string of the molecule is CCCSS/C(CCO)=C(/C)N(Cc1cccnc1N)C(C)=O. The van der Waals surface area contributed by atoms with E-state index >= 15 is 0 Å². The van der Waals surface area contributed by atoms with Crippen molar-refractivity contribution < 1.29 is 9.90 Å². The van der Waals surface area contributed by atoms with Crippen LogP contribution in [0.2, 0.25) is 0 Å². The van der Waals surface area contributed by atoms with Gasteiger partial charge in [0.05, 0.1) is 6.54 Å². The molecule has 1 aromatic heterocycles. The second kappa shape index (κ2) is 10.6. The van der Waals surface area contributed by atoms with Crippen molar-refractivity contribution in [2.24, 2.45) is 0 Å². The third-order valence-corrected chi connectivity index (χ3v) is 6.08. The summed E-state index contributed by atoms with van der Waals surface area (Å²) in [5.74, 6) is 1.41. The number of aliphatic hydroxyl groups is 1. The van der Waals surface area contributed by atoms with Gasteiger partial charge in [-0.2, -0.15) is 0 Å². The molecular weight excluding hydrogens is 330 g/mol. The number of nitrogens with zero attached hydrogens (tertiary/aromatic N) is 2. The van der Waals surface area contributed by atoms with Gasteiger partial charge in [0.25, 0.3) is 0 Å². The molecular formula is C16H25N3O2S2. The molecule has 1 aromatic rings. The van der Waals surface area contributed by atoms with Gasteiger partial charge in [-0.25, -0.2) is 4.98 Å². The number of hydrogen-bond acceptors (Lipinski definition) is 6. The number of amides is 1. The topological polar surface area (TPSA) is 79.4 Å². The molecule has 0 aliphatic carbocycles. The van der Waals surface area contributed by atoms with Crippen molar-refractivity contribution >= 4 is 33.3 Å². The van der Waals surface area contributed by atoms with Crippen molar-refractivity contribution in [1.82, 2.24) is 9.88 Å². The third kappa shape index (κ3) is 6.45. The van der Waals surface area contributed by atoms with Crippen molar-refractivity contribution in [3.63, 3.8) is 0 Å². The lowest BCUT2D eigenvalue weighted by Gasteiger charge is -2.25. The van der Waals surface area contributed by atoms with Gasteiger partial charge in [0.1, 0.15) is 5.82 Å². The van der Waals surface area contributed by atoms with Gasteiger partial charge < -0.3 is 15.7 Å². The zero-order valence-corrected chi connectivity index (χ0v) is 15.5. The Morgan fingerprint density at radius 1 is 1.43 bits per heavy atom. The van der Waals surface area contributed by atoms with E-state index in [1.165, 1.54) is 6.92 Å². The molecule has 1 amide bonds. The van der Waals surface area contributed by atoms with Crippen LogP contribution in [0.5, 0.6) is 0 Å². The molecule has 1 rings (SSSR count). The summed E-state index contributed by atoms with van der Waals surface area (Å²) in [5.41, 5.74) is 7.57. The Balaban J connectivity index is 3.01. The molecule has 0 unspecified atom stereocenters. The van der Waals surface area contributed by atoms with E-state index in [4.69, 9.17) is 5.73 Å². The molecule has 3 N–H and O–H groups in total. The highest BCUT2D eigenvalue weighted by Gasteiger charge is 2.17. The monoisotopic (exact) mass is 355 g/mol. The molecule has 0 spiro atoms. The number of carbonyl (C=O) groups is 1. The van der Waals surface area contributed by atoms with Crippen LogP contribution < -0.4 is 5.73 Å². The number of hydrogen-bond donors (Lipinski definition) is 2. The van der Waals surface area contributed by atoms with Crippen LogP contribution in [0.1, 0.15) is 39.2 Å². The van der Waals surface area contributed by atoms with Gasteiger partial charge in [0, 0.05) is 48.1 Å².